The Balaban J connectivity index is 1.77. The smallest absolute Gasteiger partial charge is 0.258 e. The Labute approximate surface area is 129 Å². The molecule has 0 aliphatic heterocycles. The molecule has 0 saturated heterocycles. The van der Waals surface area contributed by atoms with Gasteiger partial charge in [0.05, 0.1) is 5.69 Å². The van der Waals surface area contributed by atoms with Crippen molar-refractivity contribution in [2.24, 2.45) is 0 Å². The average molecular weight is 321 g/mol. The van der Waals surface area contributed by atoms with Gasteiger partial charge < -0.3 is 5.32 Å². The lowest BCUT2D eigenvalue weighted by Crippen LogP contribution is -2.22. The van der Waals surface area contributed by atoms with Crippen LogP contribution in [0.1, 0.15) is 24.2 Å². The molecule has 0 saturated carbocycles. The fraction of sp³-hybridized carbons (Fsp3) is 0.200. The second-order valence-corrected chi connectivity index (χ2v) is 5.78. The lowest BCUT2D eigenvalue weighted by Gasteiger charge is -2.14. The number of halogens is 2. The van der Waals surface area contributed by atoms with E-state index in [1.165, 1.54) is 33.9 Å². The van der Waals surface area contributed by atoms with Crippen LogP contribution in [0.3, 0.4) is 0 Å². The zero-order chi connectivity index (χ0) is 15.7. The molecule has 0 unspecified atom stereocenters. The summed E-state index contributed by atoms with van der Waals surface area (Å²) in [6, 6.07) is 4.60. The molecule has 0 spiro atoms. The first-order valence-corrected chi connectivity index (χ1v) is 7.56. The topological polar surface area (TPSA) is 46.4 Å². The van der Waals surface area contributed by atoms with Gasteiger partial charge in [0.25, 0.3) is 5.56 Å². The molecular formula is C15H13F2N3OS. The van der Waals surface area contributed by atoms with Crippen molar-refractivity contribution in [3.05, 3.63) is 69.1 Å². The summed E-state index contributed by atoms with van der Waals surface area (Å²) in [7, 11) is 0. The van der Waals surface area contributed by atoms with Crippen molar-refractivity contribution >= 4 is 16.3 Å². The molecule has 114 valence electrons. The Kier molecular flexibility index (Phi) is 4.00. The van der Waals surface area contributed by atoms with Crippen LogP contribution in [0.2, 0.25) is 0 Å². The third kappa shape index (κ3) is 2.90. The second-order valence-electron chi connectivity index (χ2n) is 4.91. The van der Waals surface area contributed by atoms with E-state index >= 15 is 0 Å². The van der Waals surface area contributed by atoms with Crippen LogP contribution in [0.4, 0.5) is 8.78 Å². The van der Waals surface area contributed by atoms with Gasteiger partial charge in [0.2, 0.25) is 0 Å². The van der Waals surface area contributed by atoms with E-state index in [2.05, 4.69) is 10.3 Å². The number of hydrogen-bond donors (Lipinski definition) is 1. The third-order valence-electron chi connectivity index (χ3n) is 3.37. The molecular weight excluding hydrogens is 308 g/mol. The second kappa shape index (κ2) is 5.94. The molecule has 4 nitrogen and oxygen atoms in total. The van der Waals surface area contributed by atoms with Crippen LogP contribution >= 0.6 is 11.3 Å². The SMILES string of the molecule is C[C@@H](NCc1cc(=O)n2ccsc2n1)c1ccc(F)cc1F. The minimum Gasteiger partial charge on any atom is -0.304 e. The van der Waals surface area contributed by atoms with Gasteiger partial charge in [-0.05, 0) is 13.0 Å². The van der Waals surface area contributed by atoms with Crippen molar-refractivity contribution in [3.63, 3.8) is 0 Å². The number of nitrogens with zero attached hydrogens (tertiary/aromatic N) is 2. The zero-order valence-electron chi connectivity index (χ0n) is 11.7. The molecule has 1 N–H and O–H groups in total. The Hall–Kier alpha value is -2.12. The zero-order valence-corrected chi connectivity index (χ0v) is 12.5. The number of fused-ring (bicyclic) bond motifs is 1. The Morgan fingerprint density at radius 1 is 1.36 bits per heavy atom. The molecule has 22 heavy (non-hydrogen) atoms. The van der Waals surface area contributed by atoms with E-state index in [1.54, 1.807) is 18.5 Å². The van der Waals surface area contributed by atoms with Crippen molar-refractivity contribution in [3.8, 4) is 0 Å². The Morgan fingerprint density at radius 3 is 2.95 bits per heavy atom. The van der Waals surface area contributed by atoms with E-state index in [0.29, 0.717) is 22.8 Å². The molecule has 0 fully saturated rings. The third-order valence-corrected chi connectivity index (χ3v) is 4.13. The lowest BCUT2D eigenvalue weighted by atomic mass is 10.1. The first-order chi connectivity index (χ1) is 10.5. The van der Waals surface area contributed by atoms with E-state index in [0.717, 1.165) is 6.07 Å². The van der Waals surface area contributed by atoms with Crippen LogP contribution in [0.5, 0.6) is 0 Å². The lowest BCUT2D eigenvalue weighted by molar-refractivity contribution is 0.515. The Morgan fingerprint density at radius 2 is 2.18 bits per heavy atom. The first-order valence-electron chi connectivity index (χ1n) is 6.69. The summed E-state index contributed by atoms with van der Waals surface area (Å²) >= 11 is 1.37. The minimum atomic E-state index is -0.605. The highest BCUT2D eigenvalue weighted by atomic mass is 32.1. The van der Waals surface area contributed by atoms with Crippen molar-refractivity contribution in [2.75, 3.05) is 0 Å². The summed E-state index contributed by atoms with van der Waals surface area (Å²) in [6.07, 6.45) is 1.67. The number of rotatable bonds is 4. The van der Waals surface area contributed by atoms with Gasteiger partial charge in [-0.25, -0.2) is 13.8 Å². The van der Waals surface area contributed by atoms with E-state index < -0.39 is 11.6 Å². The number of aromatic nitrogens is 2. The molecule has 2 heterocycles. The summed E-state index contributed by atoms with van der Waals surface area (Å²) in [5.74, 6) is -1.20. The number of benzene rings is 1. The molecule has 0 aliphatic carbocycles. The minimum absolute atomic E-state index is 0.149. The molecule has 0 bridgehead atoms. The summed E-state index contributed by atoms with van der Waals surface area (Å²) in [4.78, 5) is 16.8. The molecule has 0 aliphatic rings. The van der Waals surface area contributed by atoms with E-state index in [9.17, 15) is 13.6 Å². The maximum absolute atomic E-state index is 13.7. The van der Waals surface area contributed by atoms with E-state index in [1.807, 2.05) is 0 Å². The van der Waals surface area contributed by atoms with Crippen molar-refractivity contribution in [1.29, 1.82) is 0 Å². The van der Waals surface area contributed by atoms with Crippen LogP contribution in [0.15, 0.2) is 40.6 Å². The van der Waals surface area contributed by atoms with Gasteiger partial charge in [0, 0.05) is 41.9 Å². The monoisotopic (exact) mass is 321 g/mol. The maximum atomic E-state index is 13.7. The standard InChI is InChI=1S/C15H13F2N3OS/c1-9(12-3-2-10(16)6-13(12)17)18-8-11-7-14(21)20-4-5-22-15(20)19-11/h2-7,9,18H,8H2,1H3/t9-/m1/s1. The molecule has 1 atom stereocenters. The van der Waals surface area contributed by atoms with Gasteiger partial charge >= 0.3 is 0 Å². The molecule has 1 aromatic carbocycles. The summed E-state index contributed by atoms with van der Waals surface area (Å²) < 4.78 is 28.1. The molecule has 2 aromatic heterocycles. The Bertz CT molecular complexity index is 875. The fourth-order valence-corrected chi connectivity index (χ4v) is 2.94. The number of thiazole rings is 1. The molecule has 7 heteroatoms. The fourth-order valence-electron chi connectivity index (χ4n) is 2.20. The van der Waals surface area contributed by atoms with Crippen LogP contribution in [-0.4, -0.2) is 9.38 Å². The number of nitrogens with one attached hydrogen (secondary N) is 1. The van der Waals surface area contributed by atoms with Gasteiger partial charge in [-0.15, -0.1) is 11.3 Å². The summed E-state index contributed by atoms with van der Waals surface area (Å²) in [6.45, 7) is 2.09. The van der Waals surface area contributed by atoms with Gasteiger partial charge in [-0.1, -0.05) is 6.07 Å². The average Bonchev–Trinajstić information content (AvgIpc) is 2.93. The quantitative estimate of drug-likeness (QED) is 0.804. The predicted octanol–water partition coefficient (Wildman–Crippen LogP) is 2.89. The van der Waals surface area contributed by atoms with Crippen LogP contribution in [0, 0.1) is 11.6 Å². The highest BCUT2D eigenvalue weighted by Crippen LogP contribution is 2.18. The summed E-state index contributed by atoms with van der Waals surface area (Å²) in [5.41, 5.74) is 0.806. The van der Waals surface area contributed by atoms with Crippen LogP contribution in [0.25, 0.3) is 4.96 Å². The first kappa shape index (κ1) is 14.8. The van der Waals surface area contributed by atoms with Gasteiger partial charge in [-0.3, -0.25) is 9.20 Å². The highest BCUT2D eigenvalue weighted by Gasteiger charge is 2.12. The molecule has 0 amide bonds. The predicted molar refractivity (Wildman–Crippen MR) is 81.0 cm³/mol. The highest BCUT2D eigenvalue weighted by molar-refractivity contribution is 7.15. The van der Waals surface area contributed by atoms with E-state index in [4.69, 9.17) is 0 Å². The van der Waals surface area contributed by atoms with Crippen molar-refractivity contribution in [2.45, 2.75) is 19.5 Å². The largest absolute Gasteiger partial charge is 0.304 e. The number of hydrogen-bond acceptors (Lipinski definition) is 4. The van der Waals surface area contributed by atoms with Crippen LogP contribution in [-0.2, 0) is 6.54 Å². The van der Waals surface area contributed by atoms with Gasteiger partial charge in [0.15, 0.2) is 4.96 Å². The summed E-state index contributed by atoms with van der Waals surface area (Å²) in [5, 5.41) is 4.88. The molecule has 3 aromatic rings. The molecule has 0 radical (unpaired) electrons. The van der Waals surface area contributed by atoms with E-state index in [-0.39, 0.29) is 11.6 Å². The maximum Gasteiger partial charge on any atom is 0.258 e. The van der Waals surface area contributed by atoms with Crippen molar-refractivity contribution < 1.29 is 8.78 Å². The van der Waals surface area contributed by atoms with Crippen molar-refractivity contribution in [1.82, 2.24) is 14.7 Å². The normalized spacial score (nSPS) is 12.7. The molecule has 3 rings (SSSR count). The van der Waals surface area contributed by atoms with Gasteiger partial charge in [0.1, 0.15) is 11.6 Å². The van der Waals surface area contributed by atoms with Gasteiger partial charge in [-0.2, -0.15) is 0 Å². The van der Waals surface area contributed by atoms with Crippen LogP contribution < -0.4 is 10.9 Å².